The highest BCUT2D eigenvalue weighted by atomic mass is 32.2. The quantitative estimate of drug-likeness (QED) is 0.515. The van der Waals surface area contributed by atoms with E-state index in [1.807, 2.05) is 47.4 Å². The van der Waals surface area contributed by atoms with Crippen LogP contribution < -0.4 is 14.5 Å². The van der Waals surface area contributed by atoms with Gasteiger partial charge in [0.05, 0.1) is 18.4 Å². The summed E-state index contributed by atoms with van der Waals surface area (Å²) in [5, 5.41) is 0.721. The fourth-order valence-corrected chi connectivity index (χ4v) is 5.55. The lowest BCUT2D eigenvalue weighted by Gasteiger charge is -2.36. The second kappa shape index (κ2) is 10.4. The number of hydrogen-bond donors (Lipinski definition) is 0. The van der Waals surface area contributed by atoms with E-state index in [2.05, 4.69) is 22.0 Å². The number of anilines is 2. The molecular formula is C27H28N4O3S. The summed E-state index contributed by atoms with van der Waals surface area (Å²) in [6.45, 7) is 3.49. The standard InChI is InChI=1S/C27H28N4O3S/c1-34-21-12-10-20(11-13-21)29-16-18-30(19-17-29)25(32)9-5-15-31-23-7-2-3-8-24(23)35-26-22(27(31)33)6-4-14-28-26/h2-4,6-8,10-14H,5,9,15-19H2,1H3. The third-order valence-corrected chi connectivity index (χ3v) is 7.54. The molecule has 0 atom stereocenters. The number of rotatable bonds is 6. The first kappa shape index (κ1) is 23.2. The predicted molar refractivity (Wildman–Crippen MR) is 137 cm³/mol. The minimum absolute atomic E-state index is 0.0638. The Hall–Kier alpha value is -3.52. The molecule has 0 N–H and O–H groups in total. The van der Waals surface area contributed by atoms with Crippen molar-refractivity contribution in [3.05, 3.63) is 72.4 Å². The minimum atomic E-state index is -0.0638. The number of aromatic nitrogens is 1. The number of carbonyl (C=O) groups excluding carboxylic acids is 2. The fraction of sp³-hybridized carbons (Fsp3) is 0.296. The highest BCUT2D eigenvalue weighted by Crippen LogP contribution is 2.40. The van der Waals surface area contributed by atoms with E-state index in [0.717, 1.165) is 40.1 Å². The summed E-state index contributed by atoms with van der Waals surface area (Å²) in [4.78, 5) is 37.7. The Kier molecular flexibility index (Phi) is 6.90. The molecule has 0 unspecified atom stereocenters. The number of piperazine rings is 1. The molecule has 2 amide bonds. The van der Waals surface area contributed by atoms with Crippen molar-refractivity contribution in [2.24, 2.45) is 0 Å². The molecule has 0 saturated carbocycles. The van der Waals surface area contributed by atoms with Crippen LogP contribution in [0.5, 0.6) is 5.75 Å². The van der Waals surface area contributed by atoms with Gasteiger partial charge in [-0.3, -0.25) is 9.59 Å². The Morgan fingerprint density at radius 3 is 2.54 bits per heavy atom. The molecule has 1 saturated heterocycles. The van der Waals surface area contributed by atoms with Crippen LogP contribution in [-0.2, 0) is 4.79 Å². The van der Waals surface area contributed by atoms with Gasteiger partial charge in [0.25, 0.3) is 5.91 Å². The summed E-state index contributed by atoms with van der Waals surface area (Å²) in [5.74, 6) is 0.920. The SMILES string of the molecule is COc1ccc(N2CCN(C(=O)CCCN3C(=O)c4cccnc4Sc4ccccc43)CC2)cc1. The molecule has 3 heterocycles. The van der Waals surface area contributed by atoms with Gasteiger partial charge in [-0.2, -0.15) is 0 Å². The normalized spacial score (nSPS) is 15.3. The second-order valence-corrected chi connectivity index (χ2v) is 9.58. The molecule has 3 aromatic rings. The monoisotopic (exact) mass is 488 g/mol. The van der Waals surface area contributed by atoms with Crippen molar-refractivity contribution in [2.45, 2.75) is 22.8 Å². The van der Waals surface area contributed by atoms with Gasteiger partial charge in [-0.05, 0) is 55.0 Å². The first-order valence-corrected chi connectivity index (χ1v) is 12.7. The summed E-state index contributed by atoms with van der Waals surface area (Å²) in [6, 6.07) is 19.5. The van der Waals surface area contributed by atoms with Gasteiger partial charge in [0, 0.05) is 55.9 Å². The molecule has 7 nitrogen and oxygen atoms in total. The summed E-state index contributed by atoms with van der Waals surface area (Å²) in [7, 11) is 1.66. The van der Waals surface area contributed by atoms with Crippen LogP contribution in [0.2, 0.25) is 0 Å². The summed E-state index contributed by atoms with van der Waals surface area (Å²) < 4.78 is 5.24. The third kappa shape index (κ3) is 4.98. The molecule has 0 bridgehead atoms. The molecule has 1 aromatic heterocycles. The molecule has 1 fully saturated rings. The topological polar surface area (TPSA) is 66.0 Å². The van der Waals surface area contributed by atoms with Gasteiger partial charge in [-0.25, -0.2) is 4.98 Å². The van der Waals surface area contributed by atoms with Crippen LogP contribution >= 0.6 is 11.8 Å². The van der Waals surface area contributed by atoms with E-state index in [4.69, 9.17) is 4.74 Å². The molecule has 35 heavy (non-hydrogen) atoms. The number of nitrogens with zero attached hydrogens (tertiary/aromatic N) is 4. The Morgan fingerprint density at radius 2 is 1.77 bits per heavy atom. The maximum atomic E-state index is 13.4. The van der Waals surface area contributed by atoms with Crippen molar-refractivity contribution in [2.75, 3.05) is 49.6 Å². The van der Waals surface area contributed by atoms with E-state index in [1.165, 1.54) is 11.8 Å². The van der Waals surface area contributed by atoms with Crippen LogP contribution in [0, 0.1) is 0 Å². The molecule has 0 radical (unpaired) electrons. The molecular weight excluding hydrogens is 460 g/mol. The van der Waals surface area contributed by atoms with E-state index < -0.39 is 0 Å². The van der Waals surface area contributed by atoms with E-state index in [1.54, 1.807) is 24.3 Å². The van der Waals surface area contributed by atoms with E-state index >= 15 is 0 Å². The number of amides is 2. The van der Waals surface area contributed by atoms with Crippen LogP contribution in [0.1, 0.15) is 23.2 Å². The molecule has 0 spiro atoms. The zero-order chi connectivity index (χ0) is 24.2. The number of fused-ring (bicyclic) bond motifs is 2. The van der Waals surface area contributed by atoms with Crippen LogP contribution in [-0.4, -0.2) is 61.5 Å². The van der Waals surface area contributed by atoms with Gasteiger partial charge in [0.2, 0.25) is 5.91 Å². The van der Waals surface area contributed by atoms with E-state index in [9.17, 15) is 9.59 Å². The predicted octanol–water partition coefficient (Wildman–Crippen LogP) is 4.33. The maximum Gasteiger partial charge on any atom is 0.261 e. The highest BCUT2D eigenvalue weighted by Gasteiger charge is 2.28. The number of methoxy groups -OCH3 is 1. The molecule has 180 valence electrons. The van der Waals surface area contributed by atoms with Crippen LogP contribution in [0.4, 0.5) is 11.4 Å². The number of ether oxygens (including phenoxy) is 1. The van der Waals surface area contributed by atoms with Crippen molar-refractivity contribution >= 4 is 35.0 Å². The molecule has 2 aliphatic heterocycles. The van der Waals surface area contributed by atoms with Gasteiger partial charge in [0.15, 0.2) is 0 Å². The Bertz CT molecular complexity index is 1210. The Balaban J connectivity index is 1.18. The maximum absolute atomic E-state index is 13.4. The summed E-state index contributed by atoms with van der Waals surface area (Å²) in [5.41, 5.74) is 2.62. The van der Waals surface area contributed by atoms with Gasteiger partial charge < -0.3 is 19.4 Å². The highest BCUT2D eigenvalue weighted by molar-refractivity contribution is 7.99. The number of para-hydroxylation sites is 1. The summed E-state index contributed by atoms with van der Waals surface area (Å²) in [6.07, 6.45) is 2.74. The number of hydrogen-bond acceptors (Lipinski definition) is 6. The van der Waals surface area contributed by atoms with Gasteiger partial charge in [-0.15, -0.1) is 0 Å². The fourth-order valence-electron chi connectivity index (χ4n) is 4.54. The lowest BCUT2D eigenvalue weighted by Crippen LogP contribution is -2.48. The van der Waals surface area contributed by atoms with Gasteiger partial charge >= 0.3 is 0 Å². The molecule has 0 aliphatic carbocycles. The van der Waals surface area contributed by atoms with E-state index in [-0.39, 0.29) is 11.8 Å². The van der Waals surface area contributed by atoms with Crippen molar-refractivity contribution < 1.29 is 14.3 Å². The van der Waals surface area contributed by atoms with Crippen LogP contribution in [0.25, 0.3) is 0 Å². The lowest BCUT2D eigenvalue weighted by molar-refractivity contribution is -0.131. The Morgan fingerprint density at radius 1 is 1.00 bits per heavy atom. The molecule has 2 aromatic carbocycles. The zero-order valence-electron chi connectivity index (χ0n) is 19.7. The second-order valence-electron chi connectivity index (χ2n) is 8.55. The van der Waals surface area contributed by atoms with Crippen molar-refractivity contribution in [1.29, 1.82) is 0 Å². The average molecular weight is 489 g/mol. The molecule has 8 heteroatoms. The van der Waals surface area contributed by atoms with Crippen molar-refractivity contribution in [3.8, 4) is 5.75 Å². The zero-order valence-corrected chi connectivity index (χ0v) is 20.5. The van der Waals surface area contributed by atoms with E-state index in [0.29, 0.717) is 38.0 Å². The third-order valence-electron chi connectivity index (χ3n) is 6.45. The summed E-state index contributed by atoms with van der Waals surface area (Å²) >= 11 is 1.51. The van der Waals surface area contributed by atoms with Gasteiger partial charge in [-0.1, -0.05) is 23.9 Å². The van der Waals surface area contributed by atoms with Crippen LogP contribution in [0.15, 0.2) is 76.8 Å². The first-order valence-electron chi connectivity index (χ1n) is 11.8. The smallest absolute Gasteiger partial charge is 0.261 e. The van der Waals surface area contributed by atoms with Crippen LogP contribution in [0.3, 0.4) is 0 Å². The lowest BCUT2D eigenvalue weighted by atomic mass is 10.1. The average Bonchev–Trinajstić information content (AvgIpc) is 3.03. The molecule has 5 rings (SSSR count). The van der Waals surface area contributed by atoms with Crippen molar-refractivity contribution in [1.82, 2.24) is 9.88 Å². The molecule has 2 aliphatic rings. The largest absolute Gasteiger partial charge is 0.497 e. The number of carbonyl (C=O) groups is 2. The number of benzene rings is 2. The Labute approximate surface area is 209 Å². The number of pyridine rings is 1. The minimum Gasteiger partial charge on any atom is -0.497 e. The van der Waals surface area contributed by atoms with Crippen molar-refractivity contribution in [3.63, 3.8) is 0 Å². The first-order chi connectivity index (χ1) is 17.1. The van der Waals surface area contributed by atoms with Gasteiger partial charge in [0.1, 0.15) is 10.8 Å².